The number of hydrogen-bond acceptors (Lipinski definition) is 4. The molecule has 0 fully saturated rings. The Hall–Kier alpha value is -2.08. The second-order valence-corrected chi connectivity index (χ2v) is 4.95. The minimum absolute atomic E-state index is 0.0111. The molecule has 6 heteroatoms. The van der Waals surface area contributed by atoms with Crippen LogP contribution in [0.25, 0.3) is 5.65 Å². The Morgan fingerprint density at radius 2 is 2.35 bits per heavy atom. The molecule has 0 amide bonds. The number of amidine groups is 1. The minimum atomic E-state index is 0.0111. The Morgan fingerprint density at radius 1 is 1.55 bits per heavy atom. The topological polar surface area (TPSA) is 79.2 Å². The SMILES string of the molecule is CCN(Cc1cn2ccccc2n1)CC(C)C(N)=NO. The molecule has 0 aromatic carbocycles. The predicted molar refractivity (Wildman–Crippen MR) is 78.7 cm³/mol. The lowest BCUT2D eigenvalue weighted by atomic mass is 10.1. The van der Waals surface area contributed by atoms with E-state index >= 15 is 0 Å². The van der Waals surface area contributed by atoms with Gasteiger partial charge in [0.15, 0.2) is 0 Å². The number of nitrogens with two attached hydrogens (primary N) is 1. The first kappa shape index (κ1) is 14.3. The van der Waals surface area contributed by atoms with E-state index in [4.69, 9.17) is 10.9 Å². The summed E-state index contributed by atoms with van der Waals surface area (Å²) in [4.78, 5) is 6.81. The summed E-state index contributed by atoms with van der Waals surface area (Å²) in [6.45, 7) is 6.41. The molecule has 108 valence electrons. The quantitative estimate of drug-likeness (QED) is 0.363. The van der Waals surface area contributed by atoms with E-state index in [-0.39, 0.29) is 11.8 Å². The van der Waals surface area contributed by atoms with E-state index in [1.807, 2.05) is 41.9 Å². The van der Waals surface area contributed by atoms with Crippen LogP contribution in [0.1, 0.15) is 19.5 Å². The Labute approximate surface area is 118 Å². The molecule has 0 aliphatic rings. The average molecular weight is 275 g/mol. The van der Waals surface area contributed by atoms with Gasteiger partial charge in [0.1, 0.15) is 11.5 Å². The average Bonchev–Trinajstić information content (AvgIpc) is 2.87. The van der Waals surface area contributed by atoms with E-state index in [0.29, 0.717) is 0 Å². The van der Waals surface area contributed by atoms with Gasteiger partial charge in [0.05, 0.1) is 5.69 Å². The summed E-state index contributed by atoms with van der Waals surface area (Å²) in [6, 6.07) is 5.94. The Bertz CT molecular complexity index is 559. The molecule has 2 aromatic rings. The molecule has 20 heavy (non-hydrogen) atoms. The molecule has 0 spiro atoms. The van der Waals surface area contributed by atoms with Gasteiger partial charge in [-0.3, -0.25) is 4.90 Å². The fraction of sp³-hybridized carbons (Fsp3) is 0.429. The molecule has 0 saturated carbocycles. The fourth-order valence-corrected chi connectivity index (χ4v) is 2.18. The number of hydrogen-bond donors (Lipinski definition) is 2. The maximum atomic E-state index is 8.70. The number of pyridine rings is 1. The van der Waals surface area contributed by atoms with E-state index in [0.717, 1.165) is 31.0 Å². The molecule has 0 aliphatic heterocycles. The Kier molecular flexibility index (Phi) is 4.57. The largest absolute Gasteiger partial charge is 0.409 e. The highest BCUT2D eigenvalue weighted by molar-refractivity contribution is 5.82. The van der Waals surface area contributed by atoms with E-state index in [2.05, 4.69) is 22.0 Å². The van der Waals surface area contributed by atoms with E-state index in [9.17, 15) is 0 Å². The second kappa shape index (κ2) is 6.38. The van der Waals surface area contributed by atoms with Gasteiger partial charge < -0.3 is 15.3 Å². The van der Waals surface area contributed by atoms with Crippen LogP contribution >= 0.6 is 0 Å². The number of oxime groups is 1. The van der Waals surface area contributed by atoms with Crippen LogP contribution in [-0.4, -0.2) is 38.4 Å². The van der Waals surface area contributed by atoms with Crippen LogP contribution in [-0.2, 0) is 6.54 Å². The number of imidazole rings is 1. The van der Waals surface area contributed by atoms with Crippen molar-refractivity contribution >= 4 is 11.5 Å². The summed E-state index contributed by atoms with van der Waals surface area (Å²) in [5.41, 5.74) is 7.59. The third-order valence-electron chi connectivity index (χ3n) is 3.40. The lowest BCUT2D eigenvalue weighted by molar-refractivity contribution is 0.255. The number of aromatic nitrogens is 2. The van der Waals surface area contributed by atoms with Gasteiger partial charge in [0, 0.05) is 31.4 Å². The molecule has 0 radical (unpaired) electrons. The minimum Gasteiger partial charge on any atom is -0.409 e. The zero-order valence-corrected chi connectivity index (χ0v) is 11.9. The lowest BCUT2D eigenvalue weighted by Crippen LogP contribution is -2.34. The van der Waals surface area contributed by atoms with Gasteiger partial charge in [-0.1, -0.05) is 25.1 Å². The van der Waals surface area contributed by atoms with Crippen LogP contribution in [0.4, 0.5) is 0 Å². The summed E-state index contributed by atoms with van der Waals surface area (Å²) in [6.07, 6.45) is 4.02. The van der Waals surface area contributed by atoms with Crippen molar-refractivity contribution in [2.45, 2.75) is 20.4 Å². The summed E-state index contributed by atoms with van der Waals surface area (Å²) in [7, 11) is 0. The van der Waals surface area contributed by atoms with Crippen molar-refractivity contribution in [3.05, 3.63) is 36.3 Å². The maximum Gasteiger partial charge on any atom is 0.143 e. The van der Waals surface area contributed by atoms with E-state index in [1.54, 1.807) is 0 Å². The van der Waals surface area contributed by atoms with Gasteiger partial charge in [0.25, 0.3) is 0 Å². The molecular weight excluding hydrogens is 254 g/mol. The van der Waals surface area contributed by atoms with Crippen molar-refractivity contribution in [2.24, 2.45) is 16.8 Å². The van der Waals surface area contributed by atoms with Crippen LogP contribution in [0.5, 0.6) is 0 Å². The van der Waals surface area contributed by atoms with E-state index in [1.165, 1.54) is 0 Å². The molecule has 2 aromatic heterocycles. The standard InChI is InChI=1S/C14H21N5O/c1-3-18(8-11(2)14(15)17-20)9-12-10-19-7-5-4-6-13(19)16-12/h4-7,10-11,20H,3,8-9H2,1-2H3,(H2,15,17). The summed E-state index contributed by atoms with van der Waals surface area (Å²) < 4.78 is 2.01. The van der Waals surface area contributed by atoms with Crippen LogP contribution in [0, 0.1) is 5.92 Å². The van der Waals surface area contributed by atoms with Gasteiger partial charge in [-0.25, -0.2) is 4.98 Å². The molecule has 0 saturated heterocycles. The van der Waals surface area contributed by atoms with Crippen molar-refractivity contribution in [3.8, 4) is 0 Å². The number of nitrogens with zero attached hydrogens (tertiary/aromatic N) is 4. The van der Waals surface area contributed by atoms with Crippen LogP contribution in [0.2, 0.25) is 0 Å². The highest BCUT2D eigenvalue weighted by Gasteiger charge is 2.14. The third kappa shape index (κ3) is 3.27. The zero-order chi connectivity index (χ0) is 14.5. The molecule has 2 heterocycles. The highest BCUT2D eigenvalue weighted by atomic mass is 16.4. The summed E-state index contributed by atoms with van der Waals surface area (Å²) in [5.74, 6) is 0.274. The third-order valence-corrected chi connectivity index (χ3v) is 3.40. The Balaban J connectivity index is 2.06. The molecule has 0 aliphatic carbocycles. The highest BCUT2D eigenvalue weighted by Crippen LogP contribution is 2.09. The smallest absolute Gasteiger partial charge is 0.143 e. The van der Waals surface area contributed by atoms with Crippen LogP contribution in [0.15, 0.2) is 35.7 Å². The molecular formula is C14H21N5O. The number of rotatable bonds is 6. The van der Waals surface area contributed by atoms with Gasteiger partial charge in [0.2, 0.25) is 0 Å². The van der Waals surface area contributed by atoms with Crippen LogP contribution < -0.4 is 5.73 Å². The fourth-order valence-electron chi connectivity index (χ4n) is 2.18. The zero-order valence-electron chi connectivity index (χ0n) is 11.9. The first-order chi connectivity index (χ1) is 9.63. The molecule has 6 nitrogen and oxygen atoms in total. The molecule has 0 bridgehead atoms. The van der Waals surface area contributed by atoms with Gasteiger partial charge in [-0.15, -0.1) is 0 Å². The van der Waals surface area contributed by atoms with E-state index < -0.39 is 0 Å². The molecule has 1 unspecified atom stereocenters. The van der Waals surface area contributed by atoms with Crippen molar-refractivity contribution in [1.29, 1.82) is 0 Å². The lowest BCUT2D eigenvalue weighted by Gasteiger charge is -2.22. The molecule has 1 atom stereocenters. The van der Waals surface area contributed by atoms with Gasteiger partial charge in [-0.2, -0.15) is 0 Å². The first-order valence-electron chi connectivity index (χ1n) is 6.76. The van der Waals surface area contributed by atoms with Crippen LogP contribution in [0.3, 0.4) is 0 Å². The summed E-state index contributed by atoms with van der Waals surface area (Å²) >= 11 is 0. The van der Waals surface area contributed by atoms with Crippen molar-refractivity contribution in [1.82, 2.24) is 14.3 Å². The van der Waals surface area contributed by atoms with Crippen molar-refractivity contribution < 1.29 is 5.21 Å². The van der Waals surface area contributed by atoms with Crippen molar-refractivity contribution in [2.75, 3.05) is 13.1 Å². The normalized spacial score (nSPS) is 14.1. The predicted octanol–water partition coefficient (Wildman–Crippen LogP) is 1.54. The number of fused-ring (bicyclic) bond motifs is 1. The summed E-state index contributed by atoms with van der Waals surface area (Å²) in [5, 5.41) is 11.8. The molecule has 3 N–H and O–H groups in total. The second-order valence-electron chi connectivity index (χ2n) is 4.95. The van der Waals surface area contributed by atoms with Gasteiger partial charge >= 0.3 is 0 Å². The maximum absolute atomic E-state index is 8.70. The molecule has 2 rings (SSSR count). The Morgan fingerprint density at radius 3 is 3.00 bits per heavy atom. The monoisotopic (exact) mass is 275 g/mol. The van der Waals surface area contributed by atoms with Crippen molar-refractivity contribution in [3.63, 3.8) is 0 Å². The first-order valence-corrected chi connectivity index (χ1v) is 6.76. The van der Waals surface area contributed by atoms with Gasteiger partial charge in [-0.05, 0) is 18.7 Å².